The van der Waals surface area contributed by atoms with Crippen LogP contribution in [0.1, 0.15) is 5.82 Å². The average Bonchev–Trinajstić information content (AvgIpc) is 2.46. The molecule has 9 heteroatoms. The summed E-state index contributed by atoms with van der Waals surface area (Å²) in [5, 5.41) is 16.7. The number of aromatic nitrogens is 2. The van der Waals surface area contributed by atoms with Crippen LogP contribution in [-0.4, -0.2) is 28.9 Å². The third-order valence-electron chi connectivity index (χ3n) is 1.03. The number of carboxylic acid groups (broad SMARTS) is 1. The zero-order valence-corrected chi connectivity index (χ0v) is 9.55. The number of carbonyl (C=O) groups is 1. The van der Waals surface area contributed by atoms with Crippen molar-refractivity contribution in [1.82, 2.24) is 10.1 Å². The van der Waals surface area contributed by atoms with Crippen LogP contribution >= 0.6 is 0 Å². The van der Waals surface area contributed by atoms with Crippen LogP contribution in [-0.2, 0) is 9.63 Å². The maximum absolute atomic E-state index is 10.4. The van der Waals surface area contributed by atoms with Crippen LogP contribution in [0.3, 0.4) is 0 Å². The van der Waals surface area contributed by atoms with Crippen molar-refractivity contribution in [3.63, 3.8) is 0 Å². The number of anilines is 1. The Labute approximate surface area is 100 Å². The molecule has 1 rings (SSSR count). The smallest absolute Gasteiger partial charge is 0.543 e. The van der Waals surface area contributed by atoms with Crippen molar-refractivity contribution >= 4 is 17.7 Å². The summed E-state index contributed by atoms with van der Waals surface area (Å²) in [5.41, 5.74) is 4.48. The van der Waals surface area contributed by atoms with Crippen molar-refractivity contribution in [2.24, 2.45) is 5.16 Å². The number of carbonyl (C=O) groups excluding carboxylic acids is 1. The average molecular weight is 208 g/mol. The fourth-order valence-electron chi connectivity index (χ4n) is 0.592. The van der Waals surface area contributed by atoms with Crippen LogP contribution in [0, 0.1) is 0 Å². The van der Waals surface area contributed by atoms with Crippen LogP contribution in [0.25, 0.3) is 0 Å². The van der Waals surface area contributed by atoms with Gasteiger partial charge in [0, 0.05) is 0 Å². The summed E-state index contributed by atoms with van der Waals surface area (Å²) in [5.74, 6) is -1.87. The zero-order chi connectivity index (χ0) is 9.84. The molecule has 0 aliphatic heterocycles. The van der Waals surface area contributed by atoms with E-state index in [1.54, 1.807) is 0 Å². The Morgan fingerprint density at radius 2 is 2.36 bits per heavy atom. The summed E-state index contributed by atoms with van der Waals surface area (Å²) in [6.45, 7) is 0. The van der Waals surface area contributed by atoms with E-state index in [0.717, 1.165) is 0 Å². The summed E-state index contributed by atoms with van der Waals surface area (Å²) in [6, 6.07) is -0.264. The predicted molar refractivity (Wildman–Crippen MR) is 37.3 cm³/mol. The fraction of sp³-hybridized carbons (Fsp3) is 0.200. The number of nitrogens with two attached hydrogens (primary N) is 1. The number of aliphatic carboxylic acids is 1. The SMILES string of the molecule is CO/N=C(\C(=O)[O-])c1noc(N)n1.[Na+]. The van der Waals surface area contributed by atoms with Gasteiger partial charge in [0.25, 0.3) is 0 Å². The van der Waals surface area contributed by atoms with E-state index in [9.17, 15) is 9.90 Å². The van der Waals surface area contributed by atoms with Gasteiger partial charge in [0.2, 0.25) is 5.82 Å². The molecule has 0 bridgehead atoms. The van der Waals surface area contributed by atoms with E-state index in [0.29, 0.717) is 0 Å². The van der Waals surface area contributed by atoms with E-state index >= 15 is 0 Å². The summed E-state index contributed by atoms with van der Waals surface area (Å²) >= 11 is 0. The molecule has 0 saturated carbocycles. The third-order valence-corrected chi connectivity index (χ3v) is 1.03. The molecule has 1 aromatic heterocycles. The zero-order valence-electron chi connectivity index (χ0n) is 7.55. The van der Waals surface area contributed by atoms with E-state index in [1.165, 1.54) is 7.11 Å². The summed E-state index contributed by atoms with van der Waals surface area (Å²) in [7, 11) is 1.17. The van der Waals surface area contributed by atoms with Gasteiger partial charge in [-0.1, -0.05) is 10.3 Å². The molecule has 1 heterocycles. The van der Waals surface area contributed by atoms with Crippen molar-refractivity contribution in [3.05, 3.63) is 5.82 Å². The van der Waals surface area contributed by atoms with Gasteiger partial charge in [-0.25, -0.2) is 0 Å². The number of nitrogens with zero attached hydrogens (tertiary/aromatic N) is 3. The number of nitrogen functional groups attached to an aromatic ring is 1. The van der Waals surface area contributed by atoms with Crippen LogP contribution in [0.4, 0.5) is 6.01 Å². The Morgan fingerprint density at radius 3 is 2.71 bits per heavy atom. The topological polar surface area (TPSA) is 127 Å². The van der Waals surface area contributed by atoms with E-state index in [4.69, 9.17) is 5.73 Å². The number of rotatable bonds is 3. The molecule has 8 nitrogen and oxygen atoms in total. The largest absolute Gasteiger partial charge is 1.00 e. The van der Waals surface area contributed by atoms with Gasteiger partial charge in [-0.05, 0) is 0 Å². The minimum atomic E-state index is -1.58. The number of carboxylic acids is 1. The Balaban J connectivity index is 0.00000169. The molecule has 0 spiro atoms. The predicted octanol–water partition coefficient (Wildman–Crippen LogP) is -5.24. The van der Waals surface area contributed by atoms with Crippen molar-refractivity contribution in [2.75, 3.05) is 12.8 Å². The van der Waals surface area contributed by atoms with E-state index in [1.807, 2.05) is 0 Å². The fourth-order valence-corrected chi connectivity index (χ4v) is 0.592. The van der Waals surface area contributed by atoms with Gasteiger partial charge in [-0.3, -0.25) is 0 Å². The molecule has 0 saturated heterocycles. The van der Waals surface area contributed by atoms with Gasteiger partial charge in [0.05, 0.1) is 5.97 Å². The molecule has 0 aromatic carbocycles. The molecule has 0 aliphatic rings. The van der Waals surface area contributed by atoms with Gasteiger partial charge in [-0.15, -0.1) is 0 Å². The second-order valence-corrected chi connectivity index (χ2v) is 1.87. The summed E-state index contributed by atoms with van der Waals surface area (Å²) in [6.07, 6.45) is 0. The quantitative estimate of drug-likeness (QED) is 0.298. The normalized spacial score (nSPS) is 10.5. The molecule has 0 fully saturated rings. The Morgan fingerprint density at radius 1 is 1.71 bits per heavy atom. The van der Waals surface area contributed by atoms with Crippen LogP contribution < -0.4 is 40.4 Å². The van der Waals surface area contributed by atoms with Gasteiger partial charge >= 0.3 is 35.6 Å². The molecule has 70 valence electrons. The summed E-state index contributed by atoms with van der Waals surface area (Å²) < 4.78 is 4.33. The molecule has 0 radical (unpaired) electrons. The molecular formula is C5H5N4NaO4. The molecule has 0 aliphatic carbocycles. The Hall–Kier alpha value is -1.12. The van der Waals surface area contributed by atoms with Gasteiger partial charge in [0.15, 0.2) is 5.71 Å². The molecular weight excluding hydrogens is 203 g/mol. The standard InChI is InChI=1S/C5H6N4O4.Na/c1-12-8-2(4(10)11)3-7-5(6)13-9-3;/h1H3,(H,10,11)(H2,6,7,9);/q;+1/p-1/b8-2-;. The molecule has 14 heavy (non-hydrogen) atoms. The van der Waals surface area contributed by atoms with E-state index in [2.05, 4.69) is 24.7 Å². The summed E-state index contributed by atoms with van der Waals surface area (Å²) in [4.78, 5) is 18.1. The van der Waals surface area contributed by atoms with Crippen LogP contribution in [0.5, 0.6) is 0 Å². The van der Waals surface area contributed by atoms with Gasteiger partial charge in [0.1, 0.15) is 7.11 Å². The first-order valence-electron chi connectivity index (χ1n) is 3.07. The monoisotopic (exact) mass is 208 g/mol. The molecule has 0 amide bonds. The first-order chi connectivity index (χ1) is 6.15. The second-order valence-electron chi connectivity index (χ2n) is 1.87. The van der Waals surface area contributed by atoms with Crippen molar-refractivity contribution in [3.8, 4) is 0 Å². The van der Waals surface area contributed by atoms with Gasteiger partial charge < -0.3 is 25.0 Å². The van der Waals surface area contributed by atoms with Crippen molar-refractivity contribution in [1.29, 1.82) is 0 Å². The van der Waals surface area contributed by atoms with Crippen LogP contribution in [0.2, 0.25) is 0 Å². The first-order valence-corrected chi connectivity index (χ1v) is 3.07. The minimum Gasteiger partial charge on any atom is -0.543 e. The number of hydrogen-bond acceptors (Lipinski definition) is 8. The first kappa shape index (κ1) is 12.9. The van der Waals surface area contributed by atoms with E-state index < -0.39 is 11.7 Å². The van der Waals surface area contributed by atoms with Crippen molar-refractivity contribution in [2.45, 2.75) is 0 Å². The van der Waals surface area contributed by atoms with Crippen LogP contribution in [0.15, 0.2) is 9.68 Å². The van der Waals surface area contributed by atoms with E-state index in [-0.39, 0.29) is 41.4 Å². The maximum Gasteiger partial charge on any atom is 1.00 e. The molecule has 1 aromatic rings. The third kappa shape index (κ3) is 2.98. The van der Waals surface area contributed by atoms with Gasteiger partial charge in [-0.2, -0.15) is 4.98 Å². The number of hydrogen-bond donors (Lipinski definition) is 1. The molecule has 0 unspecified atom stereocenters. The minimum absolute atomic E-state index is 0. The Kier molecular flexibility index (Phi) is 5.13. The molecule has 2 N–H and O–H groups in total. The molecule has 0 atom stereocenters. The Bertz CT molecular complexity index is 349. The second kappa shape index (κ2) is 5.58. The van der Waals surface area contributed by atoms with Crippen molar-refractivity contribution < 1.29 is 48.8 Å². The maximum atomic E-state index is 10.4. The number of oxime groups is 1.